The minimum Gasteiger partial charge on any atom is -0.461 e. The van der Waals surface area contributed by atoms with E-state index >= 15 is 0 Å². The van der Waals surface area contributed by atoms with Gasteiger partial charge in [-0.15, -0.1) is 10.2 Å². The number of halogens is 2. The summed E-state index contributed by atoms with van der Waals surface area (Å²) in [5.41, 5.74) is -0.107. The lowest BCUT2D eigenvalue weighted by Crippen LogP contribution is -2.24. The van der Waals surface area contributed by atoms with Crippen molar-refractivity contribution in [1.82, 2.24) is 14.9 Å². The molecule has 130 valence electrons. The zero-order valence-corrected chi connectivity index (χ0v) is 13.8. The Hall–Kier alpha value is -2.88. The molecule has 2 aromatic heterocycles. The molecule has 0 radical (unpaired) electrons. The highest BCUT2D eigenvalue weighted by Gasteiger charge is 2.21. The molecule has 0 saturated heterocycles. The molecular formula is C15H13F2N5O2S. The fourth-order valence-electron chi connectivity index (χ4n) is 1.97. The molecular weight excluding hydrogens is 352 g/mol. The molecule has 0 aliphatic rings. The maximum Gasteiger partial charge on any atom is 0.237 e. The van der Waals surface area contributed by atoms with Crippen LogP contribution in [0.1, 0.15) is 6.92 Å². The molecule has 10 heteroatoms. The van der Waals surface area contributed by atoms with Crippen LogP contribution in [0.3, 0.4) is 0 Å². The monoisotopic (exact) mass is 365 g/mol. The molecule has 0 spiro atoms. The van der Waals surface area contributed by atoms with E-state index in [4.69, 9.17) is 10.3 Å². The van der Waals surface area contributed by atoms with Gasteiger partial charge in [0.25, 0.3) is 0 Å². The molecule has 1 aromatic carbocycles. The average molecular weight is 365 g/mol. The molecule has 0 aliphatic carbocycles. The summed E-state index contributed by atoms with van der Waals surface area (Å²) in [6.45, 7) is 1.60. The maximum absolute atomic E-state index is 13.6. The standard InChI is InChI=1S/C15H13F2N5O2S/c1-8(14(23)19-11-5-4-9(16)7-10(11)17)25-15-21-20-13(22(15)18)12-3-2-6-24-12/h2-8H,18H2,1H3,(H,19,23)/t8-/m0/s1. The quantitative estimate of drug-likeness (QED) is 0.533. The van der Waals surface area contributed by atoms with Gasteiger partial charge in [0, 0.05) is 6.07 Å². The number of anilines is 1. The molecule has 0 bridgehead atoms. The number of hydrogen-bond acceptors (Lipinski definition) is 6. The third-order valence-corrected chi connectivity index (χ3v) is 4.30. The third kappa shape index (κ3) is 3.63. The van der Waals surface area contributed by atoms with E-state index in [1.165, 1.54) is 10.9 Å². The number of aromatic nitrogens is 3. The SMILES string of the molecule is C[C@H](Sc1nnc(-c2ccco2)n1N)C(=O)Nc1ccc(F)cc1F. The minimum atomic E-state index is -0.854. The van der Waals surface area contributed by atoms with Gasteiger partial charge in [-0.25, -0.2) is 13.5 Å². The molecule has 7 nitrogen and oxygen atoms in total. The second kappa shape index (κ2) is 6.93. The fourth-order valence-corrected chi connectivity index (χ4v) is 2.74. The Balaban J connectivity index is 1.69. The number of nitrogens with one attached hydrogen (secondary N) is 1. The number of nitrogen functional groups attached to an aromatic ring is 1. The largest absolute Gasteiger partial charge is 0.461 e. The van der Waals surface area contributed by atoms with Gasteiger partial charge in [0.2, 0.25) is 16.9 Å². The van der Waals surface area contributed by atoms with Gasteiger partial charge >= 0.3 is 0 Å². The van der Waals surface area contributed by atoms with Crippen molar-refractivity contribution in [1.29, 1.82) is 0 Å². The van der Waals surface area contributed by atoms with Crippen LogP contribution in [0.5, 0.6) is 0 Å². The fraction of sp³-hybridized carbons (Fsp3) is 0.133. The Bertz CT molecular complexity index is 897. The lowest BCUT2D eigenvalue weighted by atomic mass is 10.3. The van der Waals surface area contributed by atoms with Crippen LogP contribution >= 0.6 is 11.8 Å². The molecule has 0 saturated carbocycles. The number of furan rings is 1. The number of nitrogens with two attached hydrogens (primary N) is 1. The number of hydrogen-bond donors (Lipinski definition) is 2. The third-order valence-electron chi connectivity index (χ3n) is 3.25. The van der Waals surface area contributed by atoms with Gasteiger partial charge in [0.15, 0.2) is 5.76 Å². The molecule has 0 unspecified atom stereocenters. The second-order valence-corrected chi connectivity index (χ2v) is 6.33. The minimum absolute atomic E-state index is 0.107. The smallest absolute Gasteiger partial charge is 0.237 e. The number of carbonyl (C=O) groups excluding carboxylic acids is 1. The Morgan fingerprint density at radius 1 is 1.36 bits per heavy atom. The summed E-state index contributed by atoms with van der Waals surface area (Å²) in [6, 6.07) is 6.27. The van der Waals surface area contributed by atoms with Gasteiger partial charge in [0.1, 0.15) is 11.6 Å². The predicted molar refractivity (Wildman–Crippen MR) is 88.2 cm³/mol. The number of nitrogens with zero attached hydrogens (tertiary/aromatic N) is 3. The van der Waals surface area contributed by atoms with Crippen molar-refractivity contribution < 1.29 is 18.0 Å². The van der Waals surface area contributed by atoms with Crippen LogP contribution < -0.4 is 11.2 Å². The van der Waals surface area contributed by atoms with E-state index in [1.807, 2.05) is 0 Å². The highest BCUT2D eigenvalue weighted by molar-refractivity contribution is 8.00. The Morgan fingerprint density at radius 2 is 2.16 bits per heavy atom. The average Bonchev–Trinajstić information content (AvgIpc) is 3.20. The van der Waals surface area contributed by atoms with Crippen LogP contribution in [-0.4, -0.2) is 26.0 Å². The summed E-state index contributed by atoms with van der Waals surface area (Å²) < 4.78 is 32.9. The van der Waals surface area contributed by atoms with Crippen molar-refractivity contribution >= 4 is 23.4 Å². The summed E-state index contributed by atoms with van der Waals surface area (Å²) in [4.78, 5) is 12.2. The normalized spacial score (nSPS) is 12.1. The van der Waals surface area contributed by atoms with E-state index in [0.29, 0.717) is 17.7 Å². The van der Waals surface area contributed by atoms with Crippen LogP contribution in [0.2, 0.25) is 0 Å². The van der Waals surface area contributed by atoms with Gasteiger partial charge in [-0.3, -0.25) is 4.79 Å². The van der Waals surface area contributed by atoms with E-state index < -0.39 is 22.8 Å². The number of rotatable bonds is 5. The van der Waals surface area contributed by atoms with Gasteiger partial charge in [-0.2, -0.15) is 0 Å². The van der Waals surface area contributed by atoms with Gasteiger partial charge in [0.05, 0.1) is 17.2 Å². The zero-order chi connectivity index (χ0) is 18.0. The van der Waals surface area contributed by atoms with Crippen molar-refractivity contribution in [3.8, 4) is 11.6 Å². The van der Waals surface area contributed by atoms with E-state index in [2.05, 4.69) is 15.5 Å². The van der Waals surface area contributed by atoms with Gasteiger partial charge in [-0.05, 0) is 31.2 Å². The van der Waals surface area contributed by atoms with E-state index in [1.54, 1.807) is 19.1 Å². The van der Waals surface area contributed by atoms with Crippen molar-refractivity contribution in [2.45, 2.75) is 17.3 Å². The number of thioether (sulfide) groups is 1. The lowest BCUT2D eigenvalue weighted by molar-refractivity contribution is -0.115. The Labute approximate surface area is 145 Å². The molecule has 0 fully saturated rings. The van der Waals surface area contributed by atoms with Crippen LogP contribution in [0, 0.1) is 11.6 Å². The number of amides is 1. The van der Waals surface area contributed by atoms with E-state index in [-0.39, 0.29) is 10.8 Å². The van der Waals surface area contributed by atoms with E-state index in [0.717, 1.165) is 23.9 Å². The Kier molecular flexibility index (Phi) is 4.70. The van der Waals surface area contributed by atoms with Crippen LogP contribution in [0.4, 0.5) is 14.5 Å². The predicted octanol–water partition coefficient (Wildman–Crippen LogP) is 2.65. The summed E-state index contributed by atoms with van der Waals surface area (Å²) in [7, 11) is 0. The van der Waals surface area contributed by atoms with Crippen molar-refractivity contribution in [2.24, 2.45) is 0 Å². The first kappa shape index (κ1) is 17.0. The van der Waals surface area contributed by atoms with Crippen molar-refractivity contribution in [3.05, 3.63) is 48.2 Å². The highest BCUT2D eigenvalue weighted by Crippen LogP contribution is 2.26. The summed E-state index contributed by atoms with van der Waals surface area (Å²) >= 11 is 1.04. The van der Waals surface area contributed by atoms with Gasteiger partial charge in [-0.1, -0.05) is 11.8 Å². The van der Waals surface area contributed by atoms with Gasteiger partial charge < -0.3 is 15.6 Å². The first-order valence-electron chi connectivity index (χ1n) is 7.12. The maximum atomic E-state index is 13.6. The molecule has 2 heterocycles. The number of carbonyl (C=O) groups is 1. The Morgan fingerprint density at radius 3 is 2.84 bits per heavy atom. The molecule has 3 N–H and O–H groups in total. The lowest BCUT2D eigenvalue weighted by Gasteiger charge is -2.12. The molecule has 1 atom stereocenters. The van der Waals surface area contributed by atoms with Crippen LogP contribution in [0.15, 0.2) is 46.2 Å². The molecule has 25 heavy (non-hydrogen) atoms. The molecule has 3 aromatic rings. The second-order valence-electron chi connectivity index (χ2n) is 5.03. The summed E-state index contributed by atoms with van der Waals surface area (Å²) in [5, 5.41) is 9.86. The zero-order valence-electron chi connectivity index (χ0n) is 12.9. The van der Waals surface area contributed by atoms with Crippen molar-refractivity contribution in [3.63, 3.8) is 0 Å². The first-order chi connectivity index (χ1) is 12.0. The topological polar surface area (TPSA) is 99.0 Å². The highest BCUT2D eigenvalue weighted by atomic mass is 32.2. The molecule has 1 amide bonds. The van der Waals surface area contributed by atoms with Crippen LogP contribution in [0.25, 0.3) is 11.6 Å². The summed E-state index contributed by atoms with van der Waals surface area (Å²) in [6.07, 6.45) is 1.48. The number of benzene rings is 1. The van der Waals surface area contributed by atoms with Crippen molar-refractivity contribution in [2.75, 3.05) is 11.2 Å². The molecule has 3 rings (SSSR count). The molecule has 0 aliphatic heterocycles. The van der Waals surface area contributed by atoms with E-state index in [9.17, 15) is 13.6 Å². The summed E-state index contributed by atoms with van der Waals surface area (Å²) in [5.74, 6) is 4.60. The van der Waals surface area contributed by atoms with Crippen LogP contribution in [-0.2, 0) is 4.79 Å². The first-order valence-corrected chi connectivity index (χ1v) is 8.00.